The zero-order valence-corrected chi connectivity index (χ0v) is 24.2. The Kier molecular flexibility index (Phi) is 8.54. The SMILES string of the molecule is COC(=O)c1cc(F)c2nc(Cc3cc(F)c(Oc4cccc(OCc5ccc(C#N)cc5F)n4)cc3F)n(C[C@@H]3CCO3)c2c1. The first-order chi connectivity index (χ1) is 22.2. The molecular weight excluding hydrogens is 608 g/mol. The van der Waals surface area contributed by atoms with E-state index in [1.807, 2.05) is 6.07 Å². The van der Waals surface area contributed by atoms with Crippen LogP contribution in [0.4, 0.5) is 17.6 Å². The van der Waals surface area contributed by atoms with Crippen molar-refractivity contribution >= 4 is 17.0 Å². The lowest BCUT2D eigenvalue weighted by Gasteiger charge is -2.27. The van der Waals surface area contributed by atoms with Crippen molar-refractivity contribution in [2.75, 3.05) is 13.7 Å². The zero-order valence-electron chi connectivity index (χ0n) is 24.2. The number of imidazole rings is 1. The van der Waals surface area contributed by atoms with Crippen molar-refractivity contribution < 1.29 is 41.3 Å². The lowest BCUT2D eigenvalue weighted by atomic mass is 10.1. The summed E-state index contributed by atoms with van der Waals surface area (Å²) >= 11 is 0. The van der Waals surface area contributed by atoms with Gasteiger partial charge in [-0.3, -0.25) is 0 Å². The molecule has 0 bridgehead atoms. The van der Waals surface area contributed by atoms with E-state index in [-0.39, 0.29) is 71.0 Å². The first kappa shape index (κ1) is 30.5. The summed E-state index contributed by atoms with van der Waals surface area (Å²) in [6.07, 6.45) is 0.360. The van der Waals surface area contributed by atoms with Crippen molar-refractivity contribution in [1.82, 2.24) is 14.5 Å². The lowest BCUT2D eigenvalue weighted by molar-refractivity contribution is -0.0589. The number of esters is 1. The van der Waals surface area contributed by atoms with Crippen LogP contribution in [0.15, 0.2) is 60.7 Å². The first-order valence-corrected chi connectivity index (χ1v) is 14.0. The van der Waals surface area contributed by atoms with Gasteiger partial charge in [0, 0.05) is 36.8 Å². The molecule has 6 rings (SSSR count). The molecule has 1 aliphatic rings. The fourth-order valence-electron chi connectivity index (χ4n) is 4.92. The number of nitrogens with zero attached hydrogens (tertiary/aromatic N) is 4. The summed E-state index contributed by atoms with van der Waals surface area (Å²) in [4.78, 5) is 20.6. The van der Waals surface area contributed by atoms with E-state index in [0.29, 0.717) is 12.1 Å². The smallest absolute Gasteiger partial charge is 0.338 e. The molecule has 1 fully saturated rings. The maximum atomic E-state index is 15.4. The summed E-state index contributed by atoms with van der Waals surface area (Å²) in [5, 5.41) is 8.89. The second kappa shape index (κ2) is 12.9. The van der Waals surface area contributed by atoms with Crippen LogP contribution >= 0.6 is 0 Å². The van der Waals surface area contributed by atoms with Gasteiger partial charge in [0.25, 0.3) is 0 Å². The molecule has 0 unspecified atom stereocenters. The molecule has 2 aromatic heterocycles. The van der Waals surface area contributed by atoms with Crippen molar-refractivity contribution in [2.45, 2.75) is 32.1 Å². The number of ether oxygens (including phenoxy) is 4. The third-order valence-corrected chi connectivity index (χ3v) is 7.41. The Morgan fingerprint density at radius 3 is 2.48 bits per heavy atom. The molecule has 1 aliphatic heterocycles. The van der Waals surface area contributed by atoms with Crippen molar-refractivity contribution in [3.8, 4) is 23.6 Å². The molecular formula is C33H24F4N4O5. The number of carbonyl (C=O) groups excluding carboxylic acids is 1. The minimum absolute atomic E-state index is 0.0158. The van der Waals surface area contributed by atoms with Gasteiger partial charge < -0.3 is 23.5 Å². The van der Waals surface area contributed by atoms with Crippen LogP contribution in [0.5, 0.6) is 17.5 Å². The number of hydrogen-bond donors (Lipinski definition) is 0. The molecule has 0 N–H and O–H groups in total. The van der Waals surface area contributed by atoms with E-state index >= 15 is 13.2 Å². The minimum atomic E-state index is -0.895. The van der Waals surface area contributed by atoms with E-state index in [2.05, 4.69) is 9.97 Å². The predicted molar refractivity (Wildman–Crippen MR) is 154 cm³/mol. The number of halogens is 4. The van der Waals surface area contributed by atoms with Gasteiger partial charge in [0.15, 0.2) is 17.4 Å². The molecule has 5 aromatic rings. The Balaban J connectivity index is 1.22. The topological polar surface area (TPSA) is 108 Å². The van der Waals surface area contributed by atoms with Crippen LogP contribution in [0.3, 0.4) is 0 Å². The lowest BCUT2D eigenvalue weighted by Crippen LogP contribution is -2.31. The highest BCUT2D eigenvalue weighted by molar-refractivity contribution is 5.94. The van der Waals surface area contributed by atoms with Gasteiger partial charge in [-0.2, -0.15) is 10.2 Å². The molecule has 9 nitrogen and oxygen atoms in total. The second-order valence-corrected chi connectivity index (χ2v) is 10.4. The monoisotopic (exact) mass is 632 g/mol. The molecule has 0 radical (unpaired) electrons. The van der Waals surface area contributed by atoms with Gasteiger partial charge in [-0.1, -0.05) is 12.1 Å². The van der Waals surface area contributed by atoms with Crippen molar-refractivity contribution in [2.24, 2.45) is 0 Å². The molecule has 1 atom stereocenters. The number of carbonyl (C=O) groups is 1. The van der Waals surface area contributed by atoms with Gasteiger partial charge in [0.1, 0.15) is 29.6 Å². The van der Waals surface area contributed by atoms with Crippen molar-refractivity contribution in [3.05, 3.63) is 112 Å². The normalized spacial score (nSPS) is 14.0. The Labute approximate surface area is 259 Å². The maximum absolute atomic E-state index is 15.4. The number of rotatable bonds is 10. The van der Waals surface area contributed by atoms with Crippen LogP contribution in [0, 0.1) is 34.6 Å². The third kappa shape index (κ3) is 6.33. The number of aromatic nitrogens is 3. The van der Waals surface area contributed by atoms with Crippen LogP contribution in [0.25, 0.3) is 11.0 Å². The third-order valence-electron chi connectivity index (χ3n) is 7.41. The van der Waals surface area contributed by atoms with E-state index in [1.54, 1.807) is 4.57 Å². The molecule has 3 heterocycles. The van der Waals surface area contributed by atoms with Crippen molar-refractivity contribution in [1.29, 1.82) is 5.26 Å². The van der Waals surface area contributed by atoms with Gasteiger partial charge in [-0.15, -0.1) is 0 Å². The summed E-state index contributed by atoms with van der Waals surface area (Å²) in [6.45, 7) is 0.635. The van der Waals surface area contributed by atoms with Crippen LogP contribution in [-0.2, 0) is 29.0 Å². The standard InChI is InChI=1S/C33H24F4N4O5/c1-43-33(42)21-11-26(37)32-27(12-21)41(16-22-7-8-44-22)29(39-32)13-20-10-25(36)28(14-24(20)35)46-31-4-2-3-30(40-31)45-17-19-6-5-18(15-38)9-23(19)34/h2-6,9-12,14,22H,7-8,13,16-17H2,1H3/t22-/m0/s1. The number of fused-ring (bicyclic) bond motifs is 1. The van der Waals surface area contributed by atoms with E-state index in [9.17, 15) is 9.18 Å². The fraction of sp³-hybridized carbons (Fsp3) is 0.212. The second-order valence-electron chi connectivity index (χ2n) is 10.4. The summed E-state index contributed by atoms with van der Waals surface area (Å²) in [5.74, 6) is -4.10. The van der Waals surface area contributed by atoms with Crippen LogP contribution in [0.2, 0.25) is 0 Å². The zero-order chi connectivity index (χ0) is 32.4. The van der Waals surface area contributed by atoms with Crippen molar-refractivity contribution in [3.63, 3.8) is 0 Å². The first-order valence-electron chi connectivity index (χ1n) is 14.0. The average molecular weight is 633 g/mol. The van der Waals surface area contributed by atoms with Gasteiger partial charge in [0.05, 0.1) is 42.5 Å². The number of pyridine rings is 1. The molecule has 1 saturated heterocycles. The van der Waals surface area contributed by atoms with Gasteiger partial charge in [-0.25, -0.2) is 27.3 Å². The summed E-state index contributed by atoms with van der Waals surface area (Å²) < 4.78 is 82.7. The molecule has 0 amide bonds. The minimum Gasteiger partial charge on any atom is -0.473 e. The number of nitriles is 1. The highest BCUT2D eigenvalue weighted by Crippen LogP contribution is 2.30. The number of methoxy groups -OCH3 is 1. The molecule has 3 aromatic carbocycles. The van der Waals surface area contributed by atoms with E-state index in [4.69, 9.17) is 24.2 Å². The Bertz CT molecular complexity index is 2000. The average Bonchev–Trinajstić information content (AvgIpc) is 3.37. The van der Waals surface area contributed by atoms with Gasteiger partial charge in [-0.05, 0) is 42.3 Å². The van der Waals surface area contributed by atoms with E-state index < -0.39 is 35.0 Å². The molecule has 0 saturated carbocycles. The number of benzene rings is 3. The Morgan fingerprint density at radius 1 is 0.978 bits per heavy atom. The van der Waals surface area contributed by atoms with Gasteiger partial charge in [0.2, 0.25) is 11.8 Å². The quantitative estimate of drug-likeness (QED) is 0.129. The molecule has 0 aliphatic carbocycles. The highest BCUT2D eigenvalue weighted by atomic mass is 19.1. The van der Waals surface area contributed by atoms with Crippen LogP contribution in [0.1, 0.15) is 39.3 Å². The predicted octanol–water partition coefficient (Wildman–Crippen LogP) is 6.40. The molecule has 234 valence electrons. The largest absolute Gasteiger partial charge is 0.473 e. The fourth-order valence-corrected chi connectivity index (χ4v) is 4.92. The summed E-state index contributed by atoms with van der Waals surface area (Å²) in [7, 11) is 1.18. The highest BCUT2D eigenvalue weighted by Gasteiger charge is 2.25. The number of hydrogen-bond acceptors (Lipinski definition) is 8. The van der Waals surface area contributed by atoms with E-state index in [0.717, 1.165) is 30.7 Å². The van der Waals surface area contributed by atoms with Crippen LogP contribution in [-0.4, -0.2) is 40.3 Å². The van der Waals surface area contributed by atoms with E-state index in [1.165, 1.54) is 43.5 Å². The van der Waals surface area contributed by atoms with Gasteiger partial charge >= 0.3 is 5.97 Å². The summed E-state index contributed by atoms with van der Waals surface area (Å²) in [6, 6.07) is 14.5. The van der Waals surface area contributed by atoms with Crippen LogP contribution < -0.4 is 9.47 Å². The maximum Gasteiger partial charge on any atom is 0.338 e. The molecule has 46 heavy (non-hydrogen) atoms. The molecule has 0 spiro atoms. The Morgan fingerprint density at radius 2 is 1.76 bits per heavy atom. The Hall–Kier alpha value is -5.48. The molecule has 13 heteroatoms. The summed E-state index contributed by atoms with van der Waals surface area (Å²) in [5.41, 5.74) is 0.535.